The van der Waals surface area contributed by atoms with E-state index < -0.39 is 79.5 Å². The average Bonchev–Trinajstić information content (AvgIpc) is 2.78. The van der Waals surface area contributed by atoms with Gasteiger partial charge in [-0.2, -0.15) is 0 Å². The number of hydrogen-bond acceptors (Lipinski definition) is 13. The first-order valence-electron chi connectivity index (χ1n) is 9.67. The third kappa shape index (κ3) is 4.99. The van der Waals surface area contributed by atoms with Gasteiger partial charge in [0.1, 0.15) is 48.5 Å². The van der Waals surface area contributed by atoms with E-state index in [1.165, 1.54) is 12.1 Å². The summed E-state index contributed by atoms with van der Waals surface area (Å²) < 4.78 is 21.4. The Kier molecular flexibility index (Phi) is 7.94. The molecule has 0 bridgehead atoms. The van der Waals surface area contributed by atoms with E-state index in [1.807, 2.05) is 0 Å². The second kappa shape index (κ2) is 10.3. The Hall–Kier alpha value is -1.98. The first-order valence-corrected chi connectivity index (χ1v) is 9.67. The molecule has 2 aliphatic rings. The number of nitro benzene ring substituents is 1. The van der Waals surface area contributed by atoms with Gasteiger partial charge in [-0.05, 0) is 12.1 Å². The maximum atomic E-state index is 10.8. The number of rotatable bonds is 7. The van der Waals surface area contributed by atoms with Crippen molar-refractivity contribution in [2.24, 2.45) is 0 Å². The van der Waals surface area contributed by atoms with Crippen LogP contribution in [0.1, 0.15) is 0 Å². The molecule has 32 heavy (non-hydrogen) atoms. The molecular weight excluding hydrogens is 438 g/mol. The Balaban J connectivity index is 1.78. The Morgan fingerprint density at radius 3 is 2.03 bits per heavy atom. The second-order valence-electron chi connectivity index (χ2n) is 7.37. The molecule has 2 aliphatic heterocycles. The van der Waals surface area contributed by atoms with E-state index in [-0.39, 0.29) is 11.4 Å². The maximum absolute atomic E-state index is 10.8. The van der Waals surface area contributed by atoms with Crippen molar-refractivity contribution in [2.75, 3.05) is 13.2 Å². The summed E-state index contributed by atoms with van der Waals surface area (Å²) in [5.74, 6) is 0.0591. The molecule has 14 nitrogen and oxygen atoms in total. The second-order valence-corrected chi connectivity index (χ2v) is 7.37. The van der Waals surface area contributed by atoms with Gasteiger partial charge in [-0.1, -0.05) is 0 Å². The normalized spacial score (nSPS) is 40.1. The van der Waals surface area contributed by atoms with Gasteiger partial charge in [0.05, 0.1) is 18.1 Å². The number of aliphatic hydroxyl groups excluding tert-OH is 7. The summed E-state index contributed by atoms with van der Waals surface area (Å²) in [6, 6.07) is 4.79. The fraction of sp³-hybridized carbons (Fsp3) is 0.667. The standard InChI is InChI=1S/C18H25NO13/c20-5-9-11(22)16(29-8-3-1-7(2-4-8)19(27)28)14(25)18(31-9)32-15-10(6-21)30-17(26)13(24)12(15)23/h1-4,9-18,20-26H,5-6H2/t9-,10-,11-,12-,13-,14-,15-,16+,17-,18-/m1/s1. The summed E-state index contributed by atoms with van der Waals surface area (Å²) in [6.07, 6.45) is -15.7. The zero-order valence-electron chi connectivity index (χ0n) is 16.5. The monoisotopic (exact) mass is 463 g/mol. The predicted molar refractivity (Wildman–Crippen MR) is 100 cm³/mol. The lowest BCUT2D eigenvalue weighted by molar-refractivity contribution is -0.384. The van der Waals surface area contributed by atoms with Crippen LogP contribution in [0.25, 0.3) is 0 Å². The molecule has 0 amide bonds. The Bertz CT molecular complexity index is 762. The van der Waals surface area contributed by atoms with Crippen molar-refractivity contribution in [1.82, 2.24) is 0 Å². The topological polar surface area (TPSA) is 222 Å². The van der Waals surface area contributed by atoms with Crippen LogP contribution in [0, 0.1) is 10.1 Å². The van der Waals surface area contributed by atoms with Crippen LogP contribution < -0.4 is 4.74 Å². The third-order valence-corrected chi connectivity index (χ3v) is 5.27. The third-order valence-electron chi connectivity index (χ3n) is 5.27. The van der Waals surface area contributed by atoms with Gasteiger partial charge >= 0.3 is 0 Å². The molecular formula is C18H25NO13. The highest BCUT2D eigenvalue weighted by atomic mass is 16.7. The van der Waals surface area contributed by atoms with E-state index in [0.29, 0.717) is 0 Å². The van der Waals surface area contributed by atoms with E-state index in [4.69, 9.17) is 18.9 Å². The van der Waals surface area contributed by atoms with Crippen LogP contribution in [0.3, 0.4) is 0 Å². The molecule has 1 aromatic carbocycles. The van der Waals surface area contributed by atoms with Crippen molar-refractivity contribution in [3.8, 4) is 5.75 Å². The highest BCUT2D eigenvalue weighted by molar-refractivity contribution is 5.36. The lowest BCUT2D eigenvalue weighted by atomic mass is 9.97. The lowest BCUT2D eigenvalue weighted by Gasteiger charge is -2.46. The highest BCUT2D eigenvalue weighted by Crippen LogP contribution is 2.31. The summed E-state index contributed by atoms with van der Waals surface area (Å²) in [7, 11) is 0. The summed E-state index contributed by atoms with van der Waals surface area (Å²) >= 11 is 0. The molecule has 14 heteroatoms. The number of nitrogens with zero attached hydrogens (tertiary/aromatic N) is 1. The molecule has 2 heterocycles. The lowest BCUT2D eigenvalue weighted by Crippen LogP contribution is -2.65. The summed E-state index contributed by atoms with van der Waals surface area (Å²) in [6.45, 7) is -1.43. The molecule has 10 atom stereocenters. The first-order chi connectivity index (χ1) is 15.2. The fourth-order valence-electron chi connectivity index (χ4n) is 3.50. The Labute approximate surface area is 180 Å². The van der Waals surface area contributed by atoms with Gasteiger partial charge < -0.3 is 54.7 Å². The van der Waals surface area contributed by atoms with Crippen molar-refractivity contribution in [3.63, 3.8) is 0 Å². The minimum atomic E-state index is -1.79. The highest BCUT2D eigenvalue weighted by Gasteiger charge is 2.51. The van der Waals surface area contributed by atoms with Crippen molar-refractivity contribution >= 4 is 5.69 Å². The number of ether oxygens (including phenoxy) is 4. The van der Waals surface area contributed by atoms with Crippen LogP contribution in [0.4, 0.5) is 5.69 Å². The average molecular weight is 463 g/mol. The van der Waals surface area contributed by atoms with Crippen LogP contribution in [0.15, 0.2) is 24.3 Å². The van der Waals surface area contributed by atoms with Crippen LogP contribution in [0.2, 0.25) is 0 Å². The van der Waals surface area contributed by atoms with E-state index in [2.05, 4.69) is 0 Å². The zero-order chi connectivity index (χ0) is 23.6. The van der Waals surface area contributed by atoms with E-state index in [0.717, 1.165) is 12.1 Å². The van der Waals surface area contributed by atoms with E-state index in [9.17, 15) is 45.9 Å². The largest absolute Gasteiger partial charge is 0.485 e. The Morgan fingerprint density at radius 1 is 0.844 bits per heavy atom. The van der Waals surface area contributed by atoms with Gasteiger partial charge in [-0.25, -0.2) is 0 Å². The molecule has 0 unspecified atom stereocenters. The van der Waals surface area contributed by atoms with Crippen molar-refractivity contribution in [2.45, 2.75) is 61.4 Å². The van der Waals surface area contributed by atoms with Gasteiger partial charge in [0.2, 0.25) is 0 Å². The van der Waals surface area contributed by atoms with Crippen molar-refractivity contribution in [1.29, 1.82) is 0 Å². The summed E-state index contributed by atoms with van der Waals surface area (Å²) in [5, 5.41) is 80.6. The predicted octanol–water partition coefficient (Wildman–Crippen LogP) is -3.40. The molecule has 1 aromatic rings. The Morgan fingerprint density at radius 2 is 1.47 bits per heavy atom. The number of aliphatic hydroxyl groups is 7. The zero-order valence-corrected chi connectivity index (χ0v) is 16.5. The minimum absolute atomic E-state index is 0.0591. The number of nitro groups is 1. The molecule has 0 spiro atoms. The van der Waals surface area contributed by atoms with Gasteiger partial charge in [0.25, 0.3) is 5.69 Å². The fourth-order valence-corrected chi connectivity index (χ4v) is 3.50. The number of benzene rings is 1. The maximum Gasteiger partial charge on any atom is 0.269 e. The molecule has 0 radical (unpaired) electrons. The van der Waals surface area contributed by atoms with Crippen molar-refractivity contribution in [3.05, 3.63) is 34.4 Å². The van der Waals surface area contributed by atoms with Crippen molar-refractivity contribution < 1.29 is 59.6 Å². The first kappa shape index (κ1) is 24.7. The van der Waals surface area contributed by atoms with E-state index in [1.54, 1.807) is 0 Å². The molecule has 0 saturated carbocycles. The number of non-ortho nitro benzene ring substituents is 1. The van der Waals surface area contributed by atoms with Crippen LogP contribution in [-0.4, -0.2) is 115 Å². The van der Waals surface area contributed by atoms with Crippen LogP contribution in [-0.2, 0) is 14.2 Å². The van der Waals surface area contributed by atoms with Crippen LogP contribution >= 0.6 is 0 Å². The quantitative estimate of drug-likeness (QED) is 0.155. The smallest absolute Gasteiger partial charge is 0.269 e. The van der Waals surface area contributed by atoms with Gasteiger partial charge in [0, 0.05) is 12.1 Å². The molecule has 0 aliphatic carbocycles. The van der Waals surface area contributed by atoms with Gasteiger partial charge in [-0.3, -0.25) is 10.1 Å². The molecule has 180 valence electrons. The molecule has 2 fully saturated rings. The van der Waals surface area contributed by atoms with Gasteiger partial charge in [-0.15, -0.1) is 0 Å². The minimum Gasteiger partial charge on any atom is -0.485 e. The number of hydrogen-bond donors (Lipinski definition) is 7. The van der Waals surface area contributed by atoms with Gasteiger partial charge in [0.15, 0.2) is 18.7 Å². The molecule has 0 aromatic heterocycles. The summed E-state index contributed by atoms with van der Waals surface area (Å²) in [4.78, 5) is 10.2. The summed E-state index contributed by atoms with van der Waals surface area (Å²) in [5.41, 5.74) is -0.207. The SMILES string of the molecule is O=[N+]([O-])c1ccc(O[C@@H]2[C@@H](O)[C@@H](O[C@H]3[C@H](O)[C@@H](O)[C@H](O)O[C@@H]3CO)O[C@H](CO)[C@H]2O)cc1. The van der Waals surface area contributed by atoms with Crippen LogP contribution in [0.5, 0.6) is 5.75 Å². The molecule has 3 rings (SSSR count). The molecule has 2 saturated heterocycles. The van der Waals surface area contributed by atoms with E-state index >= 15 is 0 Å². The molecule has 7 N–H and O–H groups in total.